The van der Waals surface area contributed by atoms with E-state index in [1.54, 1.807) is 18.2 Å². The fourth-order valence-electron chi connectivity index (χ4n) is 1.55. The number of urea groups is 1. The Labute approximate surface area is 122 Å². The van der Waals surface area contributed by atoms with E-state index < -0.39 is 17.8 Å². The van der Waals surface area contributed by atoms with E-state index >= 15 is 0 Å². The molecule has 7 nitrogen and oxygen atoms in total. The molecular formula is C12H10BrN3O4. The molecular weight excluding hydrogens is 330 g/mol. The molecule has 104 valence electrons. The molecule has 0 saturated carbocycles. The number of nitrogens with one attached hydrogen (secondary N) is 2. The van der Waals surface area contributed by atoms with Gasteiger partial charge in [-0.15, -0.1) is 0 Å². The van der Waals surface area contributed by atoms with Crippen LogP contribution in [0.1, 0.15) is 5.56 Å². The lowest BCUT2D eigenvalue weighted by molar-refractivity contribution is -0.120. The molecule has 0 bridgehead atoms. The number of hydrogen-bond acceptors (Lipinski definition) is 4. The first-order valence-electron chi connectivity index (χ1n) is 5.50. The number of halogens is 1. The number of carbonyl (C=O) groups is 3. The first kappa shape index (κ1) is 14.1. The molecule has 1 heterocycles. The van der Waals surface area contributed by atoms with Crippen LogP contribution >= 0.6 is 15.9 Å². The van der Waals surface area contributed by atoms with E-state index in [9.17, 15) is 14.4 Å². The molecule has 0 radical (unpaired) electrons. The van der Waals surface area contributed by atoms with Crippen LogP contribution < -0.4 is 21.1 Å². The number of carbonyl (C=O) groups excluding carboxylic acids is 3. The van der Waals surface area contributed by atoms with Crippen molar-refractivity contribution in [3.05, 3.63) is 33.9 Å². The van der Waals surface area contributed by atoms with Crippen molar-refractivity contribution in [1.29, 1.82) is 0 Å². The lowest BCUT2D eigenvalue weighted by Gasteiger charge is -2.08. The highest BCUT2D eigenvalue weighted by molar-refractivity contribution is 9.10. The van der Waals surface area contributed by atoms with Crippen LogP contribution in [0.4, 0.5) is 4.79 Å². The summed E-state index contributed by atoms with van der Waals surface area (Å²) in [6, 6.07) is 4.43. The van der Waals surface area contributed by atoms with Gasteiger partial charge in [0.1, 0.15) is 11.4 Å². The number of ether oxygens (including phenoxy) is 1. The average Bonchev–Trinajstić information content (AvgIpc) is 2.66. The highest BCUT2D eigenvalue weighted by Gasteiger charge is 2.23. The molecule has 20 heavy (non-hydrogen) atoms. The van der Waals surface area contributed by atoms with Gasteiger partial charge in [-0.3, -0.25) is 14.9 Å². The molecule has 0 unspecified atom stereocenters. The molecule has 1 aliphatic heterocycles. The fourth-order valence-corrected chi connectivity index (χ4v) is 1.93. The third kappa shape index (κ3) is 3.35. The number of primary amides is 1. The van der Waals surface area contributed by atoms with Crippen molar-refractivity contribution in [2.24, 2.45) is 5.73 Å². The molecule has 2 rings (SSSR count). The van der Waals surface area contributed by atoms with Crippen molar-refractivity contribution >= 4 is 39.9 Å². The van der Waals surface area contributed by atoms with Crippen LogP contribution in [-0.2, 0) is 9.59 Å². The van der Waals surface area contributed by atoms with Crippen molar-refractivity contribution in [3.8, 4) is 5.75 Å². The van der Waals surface area contributed by atoms with Gasteiger partial charge in [-0.05, 0) is 24.3 Å². The maximum absolute atomic E-state index is 11.5. The van der Waals surface area contributed by atoms with Gasteiger partial charge in [-0.2, -0.15) is 0 Å². The summed E-state index contributed by atoms with van der Waals surface area (Å²) in [5, 5.41) is 4.45. The molecule has 0 atom stereocenters. The minimum atomic E-state index is -0.613. The van der Waals surface area contributed by atoms with Crippen molar-refractivity contribution in [1.82, 2.24) is 10.6 Å². The zero-order chi connectivity index (χ0) is 14.7. The van der Waals surface area contributed by atoms with E-state index in [0.29, 0.717) is 11.3 Å². The molecule has 0 aromatic heterocycles. The lowest BCUT2D eigenvalue weighted by Crippen LogP contribution is -2.22. The SMILES string of the molecule is NC(=O)COc1ccc(Br)cc1/C=C1\NC(=O)NC1=O. The Morgan fingerprint density at radius 2 is 2.10 bits per heavy atom. The number of amides is 4. The van der Waals surface area contributed by atoms with Gasteiger partial charge in [0.05, 0.1) is 0 Å². The predicted molar refractivity (Wildman–Crippen MR) is 73.5 cm³/mol. The fraction of sp³-hybridized carbons (Fsp3) is 0.0833. The Hall–Kier alpha value is -2.35. The summed E-state index contributed by atoms with van der Waals surface area (Å²) in [7, 11) is 0. The summed E-state index contributed by atoms with van der Waals surface area (Å²) in [5.41, 5.74) is 5.63. The topological polar surface area (TPSA) is 111 Å². The van der Waals surface area contributed by atoms with Crippen LogP contribution in [-0.4, -0.2) is 24.5 Å². The van der Waals surface area contributed by atoms with E-state index in [1.165, 1.54) is 6.08 Å². The zero-order valence-electron chi connectivity index (χ0n) is 10.1. The highest BCUT2D eigenvalue weighted by Crippen LogP contribution is 2.25. The van der Waals surface area contributed by atoms with E-state index in [2.05, 4.69) is 26.6 Å². The molecule has 1 aromatic rings. The monoisotopic (exact) mass is 339 g/mol. The molecule has 0 aliphatic carbocycles. The molecule has 8 heteroatoms. The largest absolute Gasteiger partial charge is 0.483 e. The Balaban J connectivity index is 2.32. The second-order valence-electron chi connectivity index (χ2n) is 3.90. The third-order valence-electron chi connectivity index (χ3n) is 2.36. The van der Waals surface area contributed by atoms with Gasteiger partial charge in [0.2, 0.25) is 0 Å². The van der Waals surface area contributed by atoms with E-state index in [0.717, 1.165) is 4.47 Å². The van der Waals surface area contributed by atoms with Gasteiger partial charge in [0.25, 0.3) is 11.8 Å². The zero-order valence-corrected chi connectivity index (χ0v) is 11.7. The second kappa shape index (κ2) is 5.74. The Morgan fingerprint density at radius 1 is 1.35 bits per heavy atom. The van der Waals surface area contributed by atoms with Gasteiger partial charge < -0.3 is 15.8 Å². The molecule has 1 saturated heterocycles. The number of hydrogen-bond donors (Lipinski definition) is 3. The number of rotatable bonds is 4. The van der Waals surface area contributed by atoms with Gasteiger partial charge in [-0.1, -0.05) is 15.9 Å². The predicted octanol–water partition coefficient (Wildman–Crippen LogP) is 0.493. The standard InChI is InChI=1S/C12H10BrN3O4/c13-7-1-2-9(20-5-10(14)17)6(3-7)4-8-11(18)16-12(19)15-8/h1-4H,5H2,(H2,14,17)(H2,15,16,18,19)/b8-4-. The summed E-state index contributed by atoms with van der Waals surface area (Å²) >= 11 is 3.29. The maximum Gasteiger partial charge on any atom is 0.326 e. The van der Waals surface area contributed by atoms with Crippen LogP contribution in [0.5, 0.6) is 5.75 Å². The summed E-state index contributed by atoms with van der Waals surface area (Å²) in [5.74, 6) is -0.775. The lowest BCUT2D eigenvalue weighted by atomic mass is 10.1. The van der Waals surface area contributed by atoms with Crippen LogP contribution in [0.15, 0.2) is 28.4 Å². The first-order valence-corrected chi connectivity index (χ1v) is 6.29. The van der Waals surface area contributed by atoms with Crippen molar-refractivity contribution in [2.75, 3.05) is 6.61 Å². The maximum atomic E-state index is 11.5. The molecule has 1 aromatic carbocycles. The Bertz CT molecular complexity index is 627. The molecule has 1 aliphatic rings. The number of imide groups is 1. The smallest absolute Gasteiger partial charge is 0.326 e. The van der Waals surface area contributed by atoms with E-state index in [1.807, 2.05) is 0 Å². The van der Waals surface area contributed by atoms with Gasteiger partial charge in [0.15, 0.2) is 6.61 Å². The van der Waals surface area contributed by atoms with E-state index in [-0.39, 0.29) is 12.3 Å². The first-order chi connectivity index (χ1) is 9.45. The van der Waals surface area contributed by atoms with Crippen molar-refractivity contribution in [2.45, 2.75) is 0 Å². The van der Waals surface area contributed by atoms with Gasteiger partial charge in [0, 0.05) is 10.0 Å². The summed E-state index contributed by atoms with van der Waals surface area (Å²) < 4.78 is 5.99. The summed E-state index contributed by atoms with van der Waals surface area (Å²) in [6.45, 7) is -0.281. The van der Waals surface area contributed by atoms with Crippen LogP contribution in [0.2, 0.25) is 0 Å². The Morgan fingerprint density at radius 3 is 2.70 bits per heavy atom. The summed E-state index contributed by atoms with van der Waals surface area (Å²) in [4.78, 5) is 33.2. The van der Waals surface area contributed by atoms with Crippen LogP contribution in [0.3, 0.4) is 0 Å². The van der Waals surface area contributed by atoms with Gasteiger partial charge >= 0.3 is 6.03 Å². The number of benzene rings is 1. The van der Waals surface area contributed by atoms with Crippen molar-refractivity contribution < 1.29 is 19.1 Å². The quantitative estimate of drug-likeness (QED) is 0.547. The van der Waals surface area contributed by atoms with E-state index in [4.69, 9.17) is 10.5 Å². The van der Waals surface area contributed by atoms with Gasteiger partial charge in [-0.25, -0.2) is 4.79 Å². The highest BCUT2D eigenvalue weighted by atomic mass is 79.9. The minimum Gasteiger partial charge on any atom is -0.483 e. The van der Waals surface area contributed by atoms with Crippen LogP contribution in [0.25, 0.3) is 6.08 Å². The van der Waals surface area contributed by atoms with Crippen LogP contribution in [0, 0.1) is 0 Å². The Kier molecular flexibility index (Phi) is 4.04. The normalized spacial score (nSPS) is 15.9. The minimum absolute atomic E-state index is 0.0945. The number of nitrogens with two attached hydrogens (primary N) is 1. The molecule has 0 spiro atoms. The molecule has 1 fully saturated rings. The third-order valence-corrected chi connectivity index (χ3v) is 2.85. The summed E-state index contributed by atoms with van der Waals surface area (Å²) in [6.07, 6.45) is 1.45. The van der Waals surface area contributed by atoms with Crippen molar-refractivity contribution in [3.63, 3.8) is 0 Å². The average molecular weight is 340 g/mol. The second-order valence-corrected chi connectivity index (χ2v) is 4.82. The molecule has 4 amide bonds. The molecule has 4 N–H and O–H groups in total.